The molecule has 144 valence electrons. The largest absolute Gasteiger partial charge is 0.396 e. The number of ketones is 2. The van der Waals surface area contributed by atoms with Gasteiger partial charge in [0.15, 0.2) is 0 Å². The van der Waals surface area contributed by atoms with Gasteiger partial charge in [-0.2, -0.15) is 0 Å². The smallest absolute Gasteiger partial charge is 0.225 e. The summed E-state index contributed by atoms with van der Waals surface area (Å²) in [5.74, 6) is -0.903. The zero-order chi connectivity index (χ0) is 19.7. The van der Waals surface area contributed by atoms with Crippen molar-refractivity contribution >= 4 is 45.6 Å². The Morgan fingerprint density at radius 1 is 1.11 bits per heavy atom. The number of anilines is 2. The highest BCUT2D eigenvalue weighted by Gasteiger charge is 2.49. The average Bonchev–Trinajstić information content (AvgIpc) is 3.11. The Hall–Kier alpha value is -2.90. The molecule has 4 rings (SSSR count). The van der Waals surface area contributed by atoms with Crippen molar-refractivity contribution in [3.8, 4) is 0 Å². The monoisotopic (exact) mass is 398 g/mol. The number of H-pyrrole nitrogens is 1. The van der Waals surface area contributed by atoms with E-state index in [4.69, 9.17) is 16.7 Å². The van der Waals surface area contributed by atoms with E-state index < -0.39 is 23.7 Å². The van der Waals surface area contributed by atoms with Crippen LogP contribution in [0.2, 0.25) is 5.02 Å². The molecule has 1 aromatic carbocycles. The molecule has 2 aromatic heterocycles. The lowest BCUT2D eigenvalue weighted by Crippen LogP contribution is -2.64. The maximum absolute atomic E-state index is 12.1. The zero-order valence-corrected chi connectivity index (χ0v) is 15.7. The predicted molar refractivity (Wildman–Crippen MR) is 108 cm³/mol. The number of Topliss-reactive ketones (excluding diaryl/α,β-unsaturated/α-hetero) is 2. The van der Waals surface area contributed by atoms with Gasteiger partial charge in [0.2, 0.25) is 11.6 Å². The van der Waals surface area contributed by atoms with Crippen molar-refractivity contribution in [3.05, 3.63) is 53.3 Å². The summed E-state index contributed by atoms with van der Waals surface area (Å²) in [5.41, 5.74) is 3.18. The summed E-state index contributed by atoms with van der Waals surface area (Å²) in [5, 5.41) is 16.4. The van der Waals surface area contributed by atoms with Crippen LogP contribution in [0.25, 0.3) is 11.0 Å². The van der Waals surface area contributed by atoms with Crippen molar-refractivity contribution < 1.29 is 14.7 Å². The van der Waals surface area contributed by atoms with E-state index in [0.717, 1.165) is 23.1 Å². The van der Waals surface area contributed by atoms with E-state index in [0.29, 0.717) is 22.8 Å². The quantitative estimate of drug-likeness (QED) is 0.456. The highest BCUT2D eigenvalue weighted by molar-refractivity contribution is 6.50. The summed E-state index contributed by atoms with van der Waals surface area (Å²) in [6.07, 6.45) is 4.74. The molecule has 8 heteroatoms. The Balaban J connectivity index is 1.48. The molecular formula is C20H19ClN4O3. The fourth-order valence-corrected chi connectivity index (χ4v) is 3.46. The maximum atomic E-state index is 12.1. The standard InChI is InChI=1S/C20H19ClN4O3/c21-12-8-14-15(10-23-20(14)22-9-12)25-17-16(18(27)19(17)28)24-13-5-3-11(4-6-13)2-1-7-26/h3-6,8-10,16-17,24-26H,1-2,7H2,(H,22,23). The summed E-state index contributed by atoms with van der Waals surface area (Å²) in [4.78, 5) is 31.5. The van der Waals surface area contributed by atoms with Crippen molar-refractivity contribution in [1.82, 2.24) is 9.97 Å². The number of aromatic amines is 1. The number of aliphatic hydroxyl groups excluding tert-OH is 1. The van der Waals surface area contributed by atoms with Crippen LogP contribution < -0.4 is 10.6 Å². The number of fused-ring (bicyclic) bond motifs is 1. The number of hydrogen-bond donors (Lipinski definition) is 4. The van der Waals surface area contributed by atoms with Gasteiger partial charge in [0.05, 0.1) is 10.7 Å². The molecule has 4 N–H and O–H groups in total. The third-order valence-electron chi connectivity index (χ3n) is 4.85. The van der Waals surface area contributed by atoms with Gasteiger partial charge >= 0.3 is 0 Å². The Kier molecular flexibility index (Phi) is 5.02. The van der Waals surface area contributed by atoms with Crippen molar-refractivity contribution in [2.24, 2.45) is 0 Å². The van der Waals surface area contributed by atoms with Gasteiger partial charge in [0.25, 0.3) is 0 Å². The molecule has 0 spiro atoms. The van der Waals surface area contributed by atoms with Crippen molar-refractivity contribution in [2.45, 2.75) is 24.9 Å². The number of hydrogen-bond acceptors (Lipinski definition) is 6. The minimum atomic E-state index is -0.667. The van der Waals surface area contributed by atoms with Gasteiger partial charge in [0, 0.05) is 30.1 Å². The third-order valence-corrected chi connectivity index (χ3v) is 5.06. The zero-order valence-electron chi connectivity index (χ0n) is 14.9. The molecule has 0 aliphatic heterocycles. The molecule has 0 saturated heterocycles. The number of aromatic nitrogens is 2. The van der Waals surface area contributed by atoms with Crippen LogP contribution >= 0.6 is 11.6 Å². The van der Waals surface area contributed by atoms with E-state index in [1.807, 2.05) is 24.3 Å². The number of nitrogens with zero attached hydrogens (tertiary/aromatic N) is 1. The van der Waals surface area contributed by atoms with Gasteiger partial charge in [-0.25, -0.2) is 4.98 Å². The van der Waals surface area contributed by atoms with Crippen LogP contribution in [-0.2, 0) is 16.0 Å². The van der Waals surface area contributed by atoms with Crippen molar-refractivity contribution in [2.75, 3.05) is 17.2 Å². The fourth-order valence-electron chi connectivity index (χ4n) is 3.31. The van der Waals surface area contributed by atoms with Crippen LogP contribution in [0.1, 0.15) is 12.0 Å². The second-order valence-electron chi connectivity index (χ2n) is 6.75. The molecule has 1 fully saturated rings. The number of carbonyl (C=O) groups excluding carboxylic acids is 2. The SMILES string of the molecule is O=C1C(=O)C(Nc2c[nH]c3ncc(Cl)cc23)C1Nc1ccc(CCCO)cc1. The summed E-state index contributed by atoms with van der Waals surface area (Å²) in [7, 11) is 0. The number of pyridine rings is 1. The van der Waals surface area contributed by atoms with E-state index in [1.54, 1.807) is 12.3 Å². The second-order valence-corrected chi connectivity index (χ2v) is 7.19. The van der Waals surface area contributed by atoms with Crippen molar-refractivity contribution in [3.63, 3.8) is 0 Å². The highest BCUT2D eigenvalue weighted by Crippen LogP contribution is 2.28. The normalized spacial score (nSPS) is 18.9. The lowest BCUT2D eigenvalue weighted by molar-refractivity contribution is -0.144. The fraction of sp³-hybridized carbons (Fsp3) is 0.250. The molecule has 7 nitrogen and oxygen atoms in total. The molecule has 2 unspecified atom stereocenters. The third kappa shape index (κ3) is 3.46. The number of halogens is 1. The summed E-state index contributed by atoms with van der Waals surface area (Å²) < 4.78 is 0. The molecule has 0 bridgehead atoms. The molecule has 2 atom stereocenters. The molecule has 0 amide bonds. The van der Waals surface area contributed by atoms with Gasteiger partial charge in [-0.05, 0) is 36.6 Å². The van der Waals surface area contributed by atoms with E-state index in [1.165, 1.54) is 6.20 Å². The summed E-state index contributed by atoms with van der Waals surface area (Å²) in [6.45, 7) is 0.153. The van der Waals surface area contributed by atoms with E-state index in [2.05, 4.69) is 20.6 Å². The lowest BCUT2D eigenvalue weighted by Gasteiger charge is -2.35. The van der Waals surface area contributed by atoms with E-state index in [9.17, 15) is 9.59 Å². The van der Waals surface area contributed by atoms with Gasteiger partial charge in [-0.15, -0.1) is 0 Å². The van der Waals surface area contributed by atoms with Crippen LogP contribution in [-0.4, -0.2) is 45.3 Å². The molecule has 0 radical (unpaired) electrons. The number of rotatable bonds is 7. The van der Waals surface area contributed by atoms with Gasteiger partial charge in [-0.3, -0.25) is 9.59 Å². The Morgan fingerprint density at radius 2 is 1.82 bits per heavy atom. The Morgan fingerprint density at radius 3 is 2.54 bits per heavy atom. The van der Waals surface area contributed by atoms with Gasteiger partial charge < -0.3 is 20.7 Å². The van der Waals surface area contributed by atoms with Gasteiger partial charge in [-0.1, -0.05) is 23.7 Å². The van der Waals surface area contributed by atoms with E-state index in [-0.39, 0.29) is 6.61 Å². The summed E-state index contributed by atoms with van der Waals surface area (Å²) >= 11 is 6.01. The number of aryl methyl sites for hydroxylation is 1. The lowest BCUT2D eigenvalue weighted by atomic mass is 9.82. The first-order valence-corrected chi connectivity index (χ1v) is 9.38. The number of nitrogens with one attached hydrogen (secondary N) is 3. The van der Waals surface area contributed by atoms with Crippen LogP contribution in [0, 0.1) is 0 Å². The molecular weight excluding hydrogens is 380 g/mol. The number of carbonyl (C=O) groups is 2. The molecule has 2 heterocycles. The first-order valence-electron chi connectivity index (χ1n) is 9.00. The first-order chi connectivity index (χ1) is 13.6. The Labute approximate surface area is 166 Å². The van der Waals surface area contributed by atoms with E-state index >= 15 is 0 Å². The van der Waals surface area contributed by atoms with Crippen molar-refractivity contribution in [1.29, 1.82) is 0 Å². The second kappa shape index (κ2) is 7.61. The topological polar surface area (TPSA) is 107 Å². The predicted octanol–water partition coefficient (Wildman–Crippen LogP) is 2.55. The highest BCUT2D eigenvalue weighted by atomic mass is 35.5. The van der Waals surface area contributed by atoms with Crippen LogP contribution in [0.15, 0.2) is 42.7 Å². The summed E-state index contributed by atoms with van der Waals surface area (Å²) in [6, 6.07) is 8.07. The number of benzene rings is 1. The minimum absolute atomic E-state index is 0.153. The number of aliphatic hydroxyl groups is 1. The first kappa shape index (κ1) is 18.5. The average molecular weight is 399 g/mol. The maximum Gasteiger partial charge on any atom is 0.225 e. The van der Waals surface area contributed by atoms with Gasteiger partial charge in [0.1, 0.15) is 17.7 Å². The Bertz CT molecular complexity index is 1030. The molecule has 28 heavy (non-hydrogen) atoms. The molecule has 1 aliphatic rings. The van der Waals surface area contributed by atoms with Crippen LogP contribution in [0.5, 0.6) is 0 Å². The molecule has 1 aliphatic carbocycles. The minimum Gasteiger partial charge on any atom is -0.396 e. The molecule has 1 saturated carbocycles. The molecule has 3 aromatic rings. The van der Waals surface area contributed by atoms with Crippen LogP contribution in [0.3, 0.4) is 0 Å². The van der Waals surface area contributed by atoms with Crippen LogP contribution in [0.4, 0.5) is 11.4 Å².